The average molecular weight is 364 g/mol. The SMILES string of the molecule is O=C(CCc1nc2ccccc2[nH]1)N1CCC[C@H](OCc2ccccn2)C1. The number of aryl methyl sites for hydroxylation is 1. The van der Waals surface area contributed by atoms with Gasteiger partial charge in [0.15, 0.2) is 0 Å². The zero-order chi connectivity index (χ0) is 18.5. The van der Waals surface area contributed by atoms with Gasteiger partial charge in [0.1, 0.15) is 5.82 Å². The molecule has 2 aromatic heterocycles. The standard InChI is InChI=1S/C21H24N4O2/c26-21(11-10-20-23-18-8-1-2-9-19(18)24-20)25-13-5-7-17(14-25)27-15-16-6-3-4-12-22-16/h1-4,6,8-9,12,17H,5,7,10-11,13-15H2,(H,23,24)/t17-/m0/s1. The Morgan fingerprint density at radius 1 is 1.22 bits per heavy atom. The fraction of sp³-hybridized carbons (Fsp3) is 0.381. The van der Waals surface area contributed by atoms with Gasteiger partial charge in [-0.2, -0.15) is 0 Å². The van der Waals surface area contributed by atoms with Crippen LogP contribution in [0.15, 0.2) is 48.7 Å². The number of fused-ring (bicyclic) bond motifs is 1. The summed E-state index contributed by atoms with van der Waals surface area (Å²) in [4.78, 5) is 26.7. The summed E-state index contributed by atoms with van der Waals surface area (Å²) in [6.45, 7) is 1.96. The topological polar surface area (TPSA) is 71.1 Å². The Balaban J connectivity index is 1.27. The number of benzene rings is 1. The van der Waals surface area contributed by atoms with E-state index in [1.54, 1.807) is 6.20 Å². The number of piperidine rings is 1. The molecule has 1 saturated heterocycles. The van der Waals surface area contributed by atoms with E-state index in [1.807, 2.05) is 47.4 Å². The monoisotopic (exact) mass is 364 g/mol. The molecule has 1 aliphatic heterocycles. The van der Waals surface area contributed by atoms with Crippen molar-refractivity contribution in [1.29, 1.82) is 0 Å². The lowest BCUT2D eigenvalue weighted by Gasteiger charge is -2.32. The highest BCUT2D eigenvalue weighted by Gasteiger charge is 2.24. The number of imidazole rings is 1. The van der Waals surface area contributed by atoms with Gasteiger partial charge in [0.05, 0.1) is 29.4 Å². The van der Waals surface area contributed by atoms with Crippen LogP contribution < -0.4 is 0 Å². The molecule has 1 fully saturated rings. The van der Waals surface area contributed by atoms with Gasteiger partial charge in [0.2, 0.25) is 5.91 Å². The van der Waals surface area contributed by atoms with E-state index in [2.05, 4.69) is 15.0 Å². The van der Waals surface area contributed by atoms with Crippen LogP contribution in [-0.2, 0) is 22.6 Å². The molecule has 1 amide bonds. The van der Waals surface area contributed by atoms with Crippen LogP contribution in [0.1, 0.15) is 30.8 Å². The van der Waals surface area contributed by atoms with Crippen molar-refractivity contribution in [2.75, 3.05) is 13.1 Å². The van der Waals surface area contributed by atoms with Gasteiger partial charge in [0, 0.05) is 32.1 Å². The zero-order valence-electron chi connectivity index (χ0n) is 15.3. The number of aromatic amines is 1. The second kappa shape index (κ2) is 8.31. The number of likely N-dealkylation sites (tertiary alicyclic amines) is 1. The third kappa shape index (κ3) is 4.52. The Bertz CT molecular complexity index is 860. The molecule has 27 heavy (non-hydrogen) atoms. The fourth-order valence-electron chi connectivity index (χ4n) is 3.49. The molecular weight excluding hydrogens is 340 g/mol. The lowest BCUT2D eigenvalue weighted by Crippen LogP contribution is -2.43. The first kappa shape index (κ1) is 17.7. The Morgan fingerprint density at radius 3 is 2.96 bits per heavy atom. The van der Waals surface area contributed by atoms with Crippen LogP contribution in [0.3, 0.4) is 0 Å². The van der Waals surface area contributed by atoms with Gasteiger partial charge in [-0.25, -0.2) is 4.98 Å². The molecule has 0 aliphatic carbocycles. The number of carbonyl (C=O) groups is 1. The molecule has 0 bridgehead atoms. The highest BCUT2D eigenvalue weighted by molar-refractivity contribution is 5.77. The number of pyridine rings is 1. The summed E-state index contributed by atoms with van der Waals surface area (Å²) in [7, 11) is 0. The Hall–Kier alpha value is -2.73. The molecule has 6 nitrogen and oxygen atoms in total. The van der Waals surface area contributed by atoms with Gasteiger partial charge in [-0.1, -0.05) is 18.2 Å². The predicted octanol–water partition coefficient (Wildman–Crippen LogP) is 3.10. The number of aromatic nitrogens is 3. The molecule has 0 unspecified atom stereocenters. The summed E-state index contributed by atoms with van der Waals surface area (Å²) < 4.78 is 5.98. The van der Waals surface area contributed by atoms with Gasteiger partial charge in [-0.3, -0.25) is 9.78 Å². The number of hydrogen-bond donors (Lipinski definition) is 1. The van der Waals surface area contributed by atoms with E-state index >= 15 is 0 Å². The van der Waals surface area contributed by atoms with E-state index in [0.29, 0.717) is 26.0 Å². The maximum absolute atomic E-state index is 12.6. The number of nitrogens with zero attached hydrogens (tertiary/aromatic N) is 3. The van der Waals surface area contributed by atoms with Gasteiger partial charge in [-0.05, 0) is 37.1 Å². The molecule has 1 aromatic carbocycles. The van der Waals surface area contributed by atoms with Crippen LogP contribution in [0.5, 0.6) is 0 Å². The summed E-state index contributed by atoms with van der Waals surface area (Å²) in [6, 6.07) is 13.7. The third-order valence-electron chi connectivity index (χ3n) is 4.94. The smallest absolute Gasteiger partial charge is 0.223 e. The van der Waals surface area contributed by atoms with Crippen molar-refractivity contribution in [1.82, 2.24) is 19.9 Å². The Kier molecular flexibility index (Phi) is 5.44. The van der Waals surface area contributed by atoms with E-state index in [0.717, 1.165) is 41.9 Å². The highest BCUT2D eigenvalue weighted by Crippen LogP contribution is 2.17. The quantitative estimate of drug-likeness (QED) is 0.730. The van der Waals surface area contributed by atoms with Crippen LogP contribution in [0.2, 0.25) is 0 Å². The molecule has 3 heterocycles. The largest absolute Gasteiger partial charge is 0.370 e. The summed E-state index contributed by atoms with van der Waals surface area (Å²) in [5, 5.41) is 0. The summed E-state index contributed by atoms with van der Waals surface area (Å²) in [5.41, 5.74) is 2.88. The molecule has 1 N–H and O–H groups in total. The van der Waals surface area contributed by atoms with Crippen LogP contribution >= 0.6 is 0 Å². The first-order valence-corrected chi connectivity index (χ1v) is 9.51. The normalized spacial score (nSPS) is 17.3. The van der Waals surface area contributed by atoms with Gasteiger partial charge < -0.3 is 14.6 Å². The van der Waals surface area contributed by atoms with E-state index in [1.165, 1.54) is 0 Å². The van der Waals surface area contributed by atoms with E-state index in [4.69, 9.17) is 4.74 Å². The molecule has 1 atom stereocenters. The van der Waals surface area contributed by atoms with Crippen molar-refractivity contribution in [3.05, 3.63) is 60.2 Å². The molecule has 1 aliphatic rings. The first-order chi connectivity index (χ1) is 13.3. The number of ether oxygens (including phenoxy) is 1. The van der Waals surface area contributed by atoms with Gasteiger partial charge >= 0.3 is 0 Å². The third-order valence-corrected chi connectivity index (χ3v) is 4.94. The number of rotatable bonds is 6. The van der Waals surface area contributed by atoms with Gasteiger partial charge in [-0.15, -0.1) is 0 Å². The zero-order valence-corrected chi connectivity index (χ0v) is 15.3. The van der Waals surface area contributed by atoms with Crippen LogP contribution in [0, 0.1) is 0 Å². The van der Waals surface area contributed by atoms with Crippen molar-refractivity contribution in [3.63, 3.8) is 0 Å². The van der Waals surface area contributed by atoms with Crippen molar-refractivity contribution in [2.45, 2.75) is 38.4 Å². The Morgan fingerprint density at radius 2 is 2.11 bits per heavy atom. The summed E-state index contributed by atoms with van der Waals surface area (Å²) in [6.07, 6.45) is 4.91. The van der Waals surface area contributed by atoms with Crippen LogP contribution in [-0.4, -0.2) is 45.0 Å². The second-order valence-electron chi connectivity index (χ2n) is 6.94. The number of H-pyrrole nitrogens is 1. The fourth-order valence-corrected chi connectivity index (χ4v) is 3.49. The van der Waals surface area contributed by atoms with Crippen molar-refractivity contribution >= 4 is 16.9 Å². The van der Waals surface area contributed by atoms with E-state index in [-0.39, 0.29) is 12.0 Å². The molecule has 0 saturated carbocycles. The minimum absolute atomic E-state index is 0.0795. The van der Waals surface area contributed by atoms with Crippen molar-refractivity contribution in [3.8, 4) is 0 Å². The molecule has 4 rings (SSSR count). The van der Waals surface area contributed by atoms with Crippen LogP contribution in [0.4, 0.5) is 0 Å². The molecular formula is C21H24N4O2. The molecule has 3 aromatic rings. The number of para-hydroxylation sites is 2. The average Bonchev–Trinajstić information content (AvgIpc) is 3.14. The van der Waals surface area contributed by atoms with E-state index < -0.39 is 0 Å². The van der Waals surface area contributed by atoms with Crippen molar-refractivity contribution < 1.29 is 9.53 Å². The molecule has 0 spiro atoms. The van der Waals surface area contributed by atoms with Gasteiger partial charge in [0.25, 0.3) is 0 Å². The number of nitrogens with one attached hydrogen (secondary N) is 1. The molecule has 6 heteroatoms. The second-order valence-corrected chi connectivity index (χ2v) is 6.94. The maximum Gasteiger partial charge on any atom is 0.223 e. The Labute approximate surface area is 158 Å². The van der Waals surface area contributed by atoms with Crippen LogP contribution in [0.25, 0.3) is 11.0 Å². The molecule has 140 valence electrons. The number of hydrogen-bond acceptors (Lipinski definition) is 4. The maximum atomic E-state index is 12.6. The lowest BCUT2D eigenvalue weighted by molar-refractivity contribution is -0.135. The number of carbonyl (C=O) groups excluding carboxylic acids is 1. The summed E-state index contributed by atoms with van der Waals surface area (Å²) >= 11 is 0. The lowest BCUT2D eigenvalue weighted by atomic mass is 10.1. The predicted molar refractivity (Wildman–Crippen MR) is 103 cm³/mol. The van der Waals surface area contributed by atoms with E-state index in [9.17, 15) is 4.79 Å². The minimum Gasteiger partial charge on any atom is -0.370 e. The summed E-state index contributed by atoms with van der Waals surface area (Å²) in [5.74, 6) is 1.03. The van der Waals surface area contributed by atoms with Crippen molar-refractivity contribution in [2.24, 2.45) is 0 Å². The minimum atomic E-state index is 0.0795. The highest BCUT2D eigenvalue weighted by atomic mass is 16.5. The molecule has 0 radical (unpaired) electrons. The number of amides is 1. The first-order valence-electron chi connectivity index (χ1n) is 9.51.